The molecule has 5 rings (SSSR count). The van der Waals surface area contributed by atoms with Crippen molar-refractivity contribution in [2.75, 3.05) is 23.3 Å². The van der Waals surface area contributed by atoms with Crippen LogP contribution in [0, 0.1) is 17.3 Å². The average Bonchev–Trinajstić information content (AvgIpc) is 3.15. The number of aliphatic hydroxyl groups is 1. The van der Waals surface area contributed by atoms with Gasteiger partial charge in [-0.2, -0.15) is 0 Å². The molecule has 0 saturated carbocycles. The minimum Gasteiger partial charge on any atom is -0.390 e. The summed E-state index contributed by atoms with van der Waals surface area (Å²) in [5.41, 5.74) is 12.3. The summed E-state index contributed by atoms with van der Waals surface area (Å²) in [6.45, 7) is 2.96. The third-order valence-corrected chi connectivity index (χ3v) is 7.38. The second-order valence-corrected chi connectivity index (χ2v) is 9.75. The van der Waals surface area contributed by atoms with Gasteiger partial charge in [-0.15, -0.1) is 0 Å². The van der Waals surface area contributed by atoms with Crippen LogP contribution in [0.15, 0.2) is 54.7 Å². The number of piperidine rings is 1. The van der Waals surface area contributed by atoms with Crippen molar-refractivity contribution in [2.45, 2.75) is 45.3 Å². The summed E-state index contributed by atoms with van der Waals surface area (Å²) in [5, 5.41) is 12.8. The van der Waals surface area contributed by atoms with Crippen LogP contribution >= 0.6 is 0 Å². The van der Waals surface area contributed by atoms with E-state index in [1.165, 1.54) is 18.1 Å². The molecule has 1 aromatic heterocycles. The number of hydrogen-bond acceptors (Lipinski definition) is 6. The van der Waals surface area contributed by atoms with Gasteiger partial charge in [-0.3, -0.25) is 4.79 Å². The van der Waals surface area contributed by atoms with Crippen molar-refractivity contribution in [3.05, 3.63) is 82.8 Å². The molecule has 7 nitrogen and oxygen atoms in total. The Morgan fingerprint density at radius 1 is 1.22 bits per heavy atom. The molecule has 0 unspecified atom stereocenters. The van der Waals surface area contributed by atoms with Crippen LogP contribution in [0.4, 0.5) is 11.5 Å². The van der Waals surface area contributed by atoms with Crippen molar-refractivity contribution in [1.82, 2.24) is 9.97 Å². The molecular weight excluding hydrogens is 450 g/mol. The van der Waals surface area contributed by atoms with Gasteiger partial charge in [-0.05, 0) is 59.4 Å². The lowest BCUT2D eigenvalue weighted by molar-refractivity contribution is -0.114. The Morgan fingerprint density at radius 3 is 2.78 bits per heavy atom. The predicted molar refractivity (Wildman–Crippen MR) is 140 cm³/mol. The molecule has 1 aliphatic heterocycles. The fraction of sp³-hybridized carbons (Fsp3) is 0.345. The van der Waals surface area contributed by atoms with E-state index in [1.807, 2.05) is 24.3 Å². The monoisotopic (exact) mass is 481 g/mol. The Labute approximate surface area is 211 Å². The molecule has 2 aliphatic rings. The van der Waals surface area contributed by atoms with Gasteiger partial charge in [0.2, 0.25) is 5.91 Å². The second kappa shape index (κ2) is 10.1. The zero-order valence-electron chi connectivity index (χ0n) is 20.5. The van der Waals surface area contributed by atoms with Gasteiger partial charge in [0, 0.05) is 38.2 Å². The highest BCUT2D eigenvalue weighted by Gasteiger charge is 2.46. The summed E-state index contributed by atoms with van der Waals surface area (Å²) in [4.78, 5) is 22.7. The van der Waals surface area contributed by atoms with E-state index in [1.54, 1.807) is 6.20 Å². The molecule has 3 aromatic rings. The number of anilines is 2. The molecule has 1 aliphatic carbocycles. The Kier molecular flexibility index (Phi) is 6.73. The van der Waals surface area contributed by atoms with Crippen LogP contribution < -0.4 is 16.0 Å². The molecule has 1 amide bonds. The summed E-state index contributed by atoms with van der Waals surface area (Å²) in [7, 11) is 0. The number of amides is 1. The van der Waals surface area contributed by atoms with E-state index in [0.29, 0.717) is 17.8 Å². The molecule has 2 heterocycles. The zero-order chi connectivity index (χ0) is 25.1. The van der Waals surface area contributed by atoms with Gasteiger partial charge in [0.15, 0.2) is 5.82 Å². The van der Waals surface area contributed by atoms with Gasteiger partial charge in [-0.25, -0.2) is 9.97 Å². The lowest BCUT2D eigenvalue weighted by Gasteiger charge is -2.42. The van der Waals surface area contributed by atoms with Crippen LogP contribution in [-0.2, 0) is 24.2 Å². The smallest absolute Gasteiger partial charge is 0.221 e. The van der Waals surface area contributed by atoms with Gasteiger partial charge < -0.3 is 21.1 Å². The molecule has 2 aromatic carbocycles. The van der Waals surface area contributed by atoms with Gasteiger partial charge in [0.25, 0.3) is 0 Å². The Morgan fingerprint density at radius 2 is 2.03 bits per heavy atom. The van der Waals surface area contributed by atoms with Crippen LogP contribution in [0.5, 0.6) is 0 Å². The highest BCUT2D eigenvalue weighted by atomic mass is 16.3. The maximum Gasteiger partial charge on any atom is 0.221 e. The highest BCUT2D eigenvalue weighted by molar-refractivity contribution is 5.88. The number of rotatable bonds is 4. The van der Waals surface area contributed by atoms with Crippen LogP contribution in [0.1, 0.15) is 53.9 Å². The van der Waals surface area contributed by atoms with Crippen LogP contribution in [0.2, 0.25) is 0 Å². The lowest BCUT2D eigenvalue weighted by atomic mass is 9.73. The van der Waals surface area contributed by atoms with Crippen LogP contribution in [-0.4, -0.2) is 34.1 Å². The van der Waals surface area contributed by atoms with Gasteiger partial charge in [-0.1, -0.05) is 42.3 Å². The van der Waals surface area contributed by atoms with E-state index >= 15 is 0 Å². The Balaban J connectivity index is 1.25. The quantitative estimate of drug-likeness (QED) is 0.494. The van der Waals surface area contributed by atoms with Crippen molar-refractivity contribution in [2.24, 2.45) is 11.1 Å². The third-order valence-electron chi connectivity index (χ3n) is 7.38. The van der Waals surface area contributed by atoms with Crippen LogP contribution in [0.25, 0.3) is 0 Å². The number of hydrogen-bond donors (Lipinski definition) is 3. The summed E-state index contributed by atoms with van der Waals surface area (Å²) in [6, 6.07) is 16.2. The van der Waals surface area contributed by atoms with E-state index < -0.39 is 0 Å². The number of aliphatic hydroxyl groups excluding tert-OH is 1. The number of carbonyl (C=O) groups excluding carboxylic acids is 1. The van der Waals surface area contributed by atoms with Crippen molar-refractivity contribution >= 4 is 17.4 Å². The van der Waals surface area contributed by atoms with Crippen molar-refractivity contribution < 1.29 is 9.90 Å². The second-order valence-electron chi connectivity index (χ2n) is 9.75. The standard InChI is InChI=1S/C29H31N5O2/c1-20(36)32-23-9-4-6-21(16-23)7-5-10-24-18-31-28(26(19-35)33-24)34-14-12-29(13-15-34)17-22-8-2-3-11-25(22)27(29)30/h2-4,6,8-9,11,16,18,27,35H,7,12-15,17,19,30H2,1H3,(H,32,36)/t27-/m1/s1. The van der Waals surface area contributed by atoms with E-state index in [4.69, 9.17) is 5.73 Å². The molecule has 0 bridgehead atoms. The lowest BCUT2D eigenvalue weighted by Crippen LogP contribution is -2.45. The number of nitrogens with two attached hydrogens (primary N) is 1. The predicted octanol–water partition coefficient (Wildman–Crippen LogP) is 3.36. The number of nitrogens with zero attached hydrogens (tertiary/aromatic N) is 3. The minimum absolute atomic E-state index is 0.0656. The molecule has 1 saturated heterocycles. The fourth-order valence-corrected chi connectivity index (χ4v) is 5.52. The number of benzene rings is 2. The molecule has 36 heavy (non-hydrogen) atoms. The number of aromatic nitrogens is 2. The number of nitrogens with one attached hydrogen (secondary N) is 1. The van der Waals surface area contributed by atoms with Gasteiger partial charge >= 0.3 is 0 Å². The average molecular weight is 482 g/mol. The summed E-state index contributed by atoms with van der Waals surface area (Å²) < 4.78 is 0. The molecule has 1 spiro atoms. The molecule has 0 radical (unpaired) electrons. The molecular formula is C29H31N5O2. The van der Waals surface area contributed by atoms with Gasteiger partial charge in [0.05, 0.1) is 12.8 Å². The summed E-state index contributed by atoms with van der Waals surface area (Å²) in [5.74, 6) is 6.80. The maximum absolute atomic E-state index is 11.3. The minimum atomic E-state index is -0.191. The van der Waals surface area contributed by atoms with Crippen molar-refractivity contribution in [3.63, 3.8) is 0 Å². The summed E-state index contributed by atoms with van der Waals surface area (Å²) in [6.07, 6.45) is 5.18. The Bertz CT molecular complexity index is 1330. The molecule has 184 valence electrons. The van der Waals surface area contributed by atoms with Crippen molar-refractivity contribution in [1.29, 1.82) is 0 Å². The largest absolute Gasteiger partial charge is 0.390 e. The first-order chi connectivity index (χ1) is 17.5. The van der Waals surface area contributed by atoms with Crippen LogP contribution in [0.3, 0.4) is 0 Å². The normalized spacial score (nSPS) is 17.9. The zero-order valence-corrected chi connectivity index (χ0v) is 20.5. The molecule has 4 N–H and O–H groups in total. The topological polar surface area (TPSA) is 104 Å². The first-order valence-corrected chi connectivity index (χ1v) is 12.4. The number of fused-ring (bicyclic) bond motifs is 1. The van der Waals surface area contributed by atoms with Gasteiger partial charge in [0.1, 0.15) is 11.4 Å². The number of carbonyl (C=O) groups is 1. The van der Waals surface area contributed by atoms with E-state index in [2.05, 4.69) is 56.3 Å². The van der Waals surface area contributed by atoms with E-state index in [0.717, 1.165) is 49.4 Å². The maximum atomic E-state index is 11.3. The fourth-order valence-electron chi connectivity index (χ4n) is 5.52. The first kappa shape index (κ1) is 24.0. The van der Waals surface area contributed by atoms with Crippen molar-refractivity contribution in [3.8, 4) is 11.8 Å². The Hall–Kier alpha value is -3.73. The SMILES string of the molecule is CC(=O)Nc1cccc(CC#Cc2cnc(N3CCC4(CC3)Cc3ccccc3[C@H]4N)c(CO)n2)c1. The summed E-state index contributed by atoms with van der Waals surface area (Å²) >= 11 is 0. The highest BCUT2D eigenvalue weighted by Crippen LogP contribution is 2.50. The molecule has 1 atom stereocenters. The first-order valence-electron chi connectivity index (χ1n) is 12.4. The van der Waals surface area contributed by atoms with E-state index in [-0.39, 0.29) is 24.0 Å². The molecule has 1 fully saturated rings. The third kappa shape index (κ3) is 4.83. The molecule has 7 heteroatoms. The van der Waals surface area contributed by atoms with E-state index in [9.17, 15) is 9.90 Å².